The molecule has 5 heteroatoms. The molecule has 2 aromatic heterocycles. The van der Waals surface area contributed by atoms with E-state index in [1.807, 2.05) is 18.2 Å². The van der Waals surface area contributed by atoms with Crippen LogP contribution in [0.5, 0.6) is 0 Å². The van der Waals surface area contributed by atoms with Crippen LogP contribution in [0.4, 0.5) is 0 Å². The van der Waals surface area contributed by atoms with E-state index in [2.05, 4.69) is 28.4 Å². The van der Waals surface area contributed by atoms with Gasteiger partial charge in [0.05, 0.1) is 11.8 Å². The number of thioether (sulfide) groups is 1. The van der Waals surface area contributed by atoms with Crippen molar-refractivity contribution in [2.24, 2.45) is 0 Å². The summed E-state index contributed by atoms with van der Waals surface area (Å²) >= 11 is 3.19. The Morgan fingerprint density at radius 1 is 1.33 bits per heavy atom. The fourth-order valence-electron chi connectivity index (χ4n) is 1.85. The van der Waals surface area contributed by atoms with E-state index >= 15 is 0 Å². The van der Waals surface area contributed by atoms with Crippen molar-refractivity contribution in [3.8, 4) is 10.4 Å². The van der Waals surface area contributed by atoms with Gasteiger partial charge in [0.1, 0.15) is 4.70 Å². The van der Waals surface area contributed by atoms with E-state index in [0.717, 1.165) is 16.0 Å². The Bertz CT molecular complexity index is 761. The maximum atomic E-state index is 11.7. The van der Waals surface area contributed by atoms with Crippen molar-refractivity contribution < 1.29 is 0 Å². The molecule has 0 fully saturated rings. The van der Waals surface area contributed by atoms with E-state index in [0.29, 0.717) is 4.70 Å². The Labute approximate surface area is 112 Å². The summed E-state index contributed by atoms with van der Waals surface area (Å²) in [5.41, 5.74) is 1.85. The van der Waals surface area contributed by atoms with Crippen molar-refractivity contribution in [3.05, 3.63) is 47.0 Å². The van der Waals surface area contributed by atoms with E-state index in [-0.39, 0.29) is 5.56 Å². The second-order valence-electron chi connectivity index (χ2n) is 3.76. The van der Waals surface area contributed by atoms with Crippen molar-refractivity contribution in [3.63, 3.8) is 0 Å². The van der Waals surface area contributed by atoms with Gasteiger partial charge in [0.25, 0.3) is 5.56 Å². The molecule has 1 N–H and O–H groups in total. The highest BCUT2D eigenvalue weighted by Crippen LogP contribution is 2.35. The predicted molar refractivity (Wildman–Crippen MR) is 77.5 cm³/mol. The number of aromatic amines is 1. The van der Waals surface area contributed by atoms with Gasteiger partial charge in [0, 0.05) is 15.3 Å². The first-order chi connectivity index (χ1) is 8.79. The second kappa shape index (κ2) is 4.59. The van der Waals surface area contributed by atoms with Gasteiger partial charge in [-0.1, -0.05) is 18.2 Å². The lowest BCUT2D eigenvalue weighted by molar-refractivity contribution is 1.18. The van der Waals surface area contributed by atoms with Gasteiger partial charge < -0.3 is 4.98 Å². The number of nitrogens with one attached hydrogen (secondary N) is 1. The fraction of sp³-hybridized carbons (Fsp3) is 0.0769. The van der Waals surface area contributed by atoms with Gasteiger partial charge in [0.2, 0.25) is 0 Å². The van der Waals surface area contributed by atoms with Crippen molar-refractivity contribution >= 4 is 33.3 Å². The third-order valence-electron chi connectivity index (χ3n) is 2.69. The number of hydrogen-bond acceptors (Lipinski definition) is 4. The first-order valence-electron chi connectivity index (χ1n) is 5.40. The summed E-state index contributed by atoms with van der Waals surface area (Å²) in [5.74, 6) is 0. The summed E-state index contributed by atoms with van der Waals surface area (Å²) in [6.07, 6.45) is 3.50. The summed E-state index contributed by atoms with van der Waals surface area (Å²) in [4.78, 5) is 20.8. The third-order valence-corrected chi connectivity index (χ3v) is 4.64. The van der Waals surface area contributed by atoms with E-state index < -0.39 is 0 Å². The van der Waals surface area contributed by atoms with Crippen molar-refractivity contribution in [2.45, 2.75) is 4.90 Å². The average molecular weight is 274 g/mol. The van der Waals surface area contributed by atoms with Gasteiger partial charge in [-0.3, -0.25) is 4.79 Å². The Balaban J connectivity index is 2.26. The highest BCUT2D eigenvalue weighted by atomic mass is 32.2. The standard InChI is InChI=1S/C13H10N2OS2/c1-17-10-5-3-2-4-8(10)11-6-9-12(18-11)13(16)15-7-14-9/h2-7H,1H3,(H,14,15,16). The number of fused-ring (bicyclic) bond motifs is 1. The van der Waals surface area contributed by atoms with E-state index in [1.165, 1.54) is 22.6 Å². The molecule has 0 radical (unpaired) electrons. The van der Waals surface area contributed by atoms with Gasteiger partial charge >= 0.3 is 0 Å². The molecule has 0 aliphatic rings. The minimum atomic E-state index is -0.0714. The molecular weight excluding hydrogens is 264 g/mol. The SMILES string of the molecule is CSc1ccccc1-c1cc2nc[nH]c(=O)c2s1. The Kier molecular flexibility index (Phi) is 2.93. The summed E-state index contributed by atoms with van der Waals surface area (Å²) in [7, 11) is 0. The van der Waals surface area contributed by atoms with Crippen LogP contribution in [-0.4, -0.2) is 16.2 Å². The zero-order valence-electron chi connectivity index (χ0n) is 9.64. The molecule has 1 aromatic carbocycles. The van der Waals surface area contributed by atoms with Crippen LogP contribution in [0.1, 0.15) is 0 Å². The smallest absolute Gasteiger partial charge is 0.268 e. The van der Waals surface area contributed by atoms with Crippen LogP contribution in [0.15, 0.2) is 46.3 Å². The number of thiophene rings is 1. The molecule has 0 spiro atoms. The van der Waals surface area contributed by atoms with E-state index in [9.17, 15) is 4.79 Å². The first-order valence-corrected chi connectivity index (χ1v) is 7.44. The van der Waals surface area contributed by atoms with Crippen LogP contribution < -0.4 is 5.56 Å². The monoisotopic (exact) mass is 274 g/mol. The predicted octanol–water partition coefficient (Wildman–Crippen LogP) is 3.37. The largest absolute Gasteiger partial charge is 0.312 e. The van der Waals surface area contributed by atoms with E-state index in [4.69, 9.17) is 0 Å². The molecule has 0 unspecified atom stereocenters. The normalized spacial score (nSPS) is 10.9. The molecule has 3 nitrogen and oxygen atoms in total. The molecule has 0 saturated carbocycles. The highest BCUT2D eigenvalue weighted by Gasteiger charge is 2.10. The van der Waals surface area contributed by atoms with Gasteiger partial charge in [0.15, 0.2) is 0 Å². The summed E-state index contributed by atoms with van der Waals surface area (Å²) in [5, 5.41) is 0. The Morgan fingerprint density at radius 2 is 2.17 bits per heavy atom. The van der Waals surface area contributed by atoms with E-state index in [1.54, 1.807) is 11.8 Å². The fourth-order valence-corrected chi connectivity index (χ4v) is 3.57. The third kappa shape index (κ3) is 1.85. The molecular formula is C13H10N2OS2. The van der Waals surface area contributed by atoms with Crippen molar-refractivity contribution in [2.75, 3.05) is 6.26 Å². The summed E-state index contributed by atoms with van der Waals surface area (Å²) in [6, 6.07) is 10.2. The molecule has 0 aliphatic heterocycles. The summed E-state index contributed by atoms with van der Waals surface area (Å²) in [6.45, 7) is 0. The lowest BCUT2D eigenvalue weighted by atomic mass is 10.2. The van der Waals surface area contributed by atoms with Gasteiger partial charge in [-0.25, -0.2) is 4.98 Å². The van der Waals surface area contributed by atoms with Crippen LogP contribution in [-0.2, 0) is 0 Å². The molecule has 0 bridgehead atoms. The molecule has 0 amide bonds. The van der Waals surface area contributed by atoms with Crippen LogP contribution in [0.2, 0.25) is 0 Å². The number of hydrogen-bond donors (Lipinski definition) is 1. The zero-order chi connectivity index (χ0) is 12.5. The number of benzene rings is 1. The lowest BCUT2D eigenvalue weighted by Crippen LogP contribution is -2.02. The zero-order valence-corrected chi connectivity index (χ0v) is 11.3. The number of aromatic nitrogens is 2. The van der Waals surface area contributed by atoms with Gasteiger partial charge in [-0.05, 0) is 18.4 Å². The van der Waals surface area contributed by atoms with Crippen LogP contribution in [0.25, 0.3) is 20.7 Å². The molecule has 18 heavy (non-hydrogen) atoms. The Hall–Kier alpha value is -1.59. The van der Waals surface area contributed by atoms with Crippen LogP contribution in [0.3, 0.4) is 0 Å². The number of nitrogens with zero attached hydrogens (tertiary/aromatic N) is 1. The quantitative estimate of drug-likeness (QED) is 0.729. The maximum absolute atomic E-state index is 11.7. The van der Waals surface area contributed by atoms with Crippen molar-refractivity contribution in [1.82, 2.24) is 9.97 Å². The van der Waals surface area contributed by atoms with Gasteiger partial charge in [-0.2, -0.15) is 0 Å². The van der Waals surface area contributed by atoms with Crippen LogP contribution >= 0.6 is 23.1 Å². The minimum absolute atomic E-state index is 0.0714. The molecule has 0 aliphatic carbocycles. The number of rotatable bonds is 2. The molecule has 90 valence electrons. The average Bonchev–Trinajstić information content (AvgIpc) is 2.84. The van der Waals surface area contributed by atoms with Crippen LogP contribution in [0, 0.1) is 0 Å². The van der Waals surface area contributed by atoms with Gasteiger partial charge in [-0.15, -0.1) is 23.1 Å². The highest BCUT2D eigenvalue weighted by molar-refractivity contribution is 7.98. The molecule has 0 saturated heterocycles. The molecule has 0 atom stereocenters. The first kappa shape index (κ1) is 11.5. The lowest BCUT2D eigenvalue weighted by Gasteiger charge is -2.03. The number of H-pyrrole nitrogens is 1. The topological polar surface area (TPSA) is 45.8 Å². The minimum Gasteiger partial charge on any atom is -0.312 e. The second-order valence-corrected chi connectivity index (χ2v) is 5.66. The van der Waals surface area contributed by atoms with Crippen molar-refractivity contribution in [1.29, 1.82) is 0 Å². The summed E-state index contributed by atoms with van der Waals surface area (Å²) < 4.78 is 0.684. The molecule has 3 rings (SSSR count). The molecule has 2 heterocycles. The maximum Gasteiger partial charge on any atom is 0.268 e. The Morgan fingerprint density at radius 3 is 2.94 bits per heavy atom. The molecule has 3 aromatic rings.